The van der Waals surface area contributed by atoms with Gasteiger partial charge < -0.3 is 20.1 Å². The summed E-state index contributed by atoms with van der Waals surface area (Å²) in [5.41, 5.74) is 4.02. The SMILES string of the molecule is CCCOc1cc(C2c3c(C)nn(C)c3NC(=O)C2NC(=O)c2ccc(C)cc2)ccc1OC. The maximum Gasteiger partial charge on any atom is 0.251 e. The van der Waals surface area contributed by atoms with E-state index in [0.717, 1.165) is 28.8 Å². The van der Waals surface area contributed by atoms with Crippen LogP contribution in [0.25, 0.3) is 0 Å². The standard InChI is InChI=1S/C26H30N4O4/c1-6-13-34-20-14-18(11-12-19(20)33-5)22-21-16(3)29-30(4)24(21)28-26(32)23(22)27-25(31)17-9-7-15(2)8-10-17/h7-12,14,22-23H,6,13H2,1-5H3,(H,27,31)(H,28,32). The molecule has 8 nitrogen and oxygen atoms in total. The van der Waals surface area contributed by atoms with Gasteiger partial charge in [-0.15, -0.1) is 0 Å². The molecule has 0 spiro atoms. The van der Waals surface area contributed by atoms with Crippen molar-refractivity contribution in [3.63, 3.8) is 0 Å². The van der Waals surface area contributed by atoms with Crippen LogP contribution in [0.1, 0.15) is 52.0 Å². The molecule has 2 aromatic carbocycles. The smallest absolute Gasteiger partial charge is 0.251 e. The van der Waals surface area contributed by atoms with Crippen LogP contribution < -0.4 is 20.1 Å². The number of benzene rings is 2. The van der Waals surface area contributed by atoms with E-state index >= 15 is 0 Å². The Labute approximate surface area is 199 Å². The minimum atomic E-state index is -0.836. The van der Waals surface area contributed by atoms with Gasteiger partial charge in [-0.25, -0.2) is 0 Å². The number of carbonyl (C=O) groups excluding carboxylic acids is 2. The zero-order valence-electron chi connectivity index (χ0n) is 20.1. The summed E-state index contributed by atoms with van der Waals surface area (Å²) in [6.07, 6.45) is 0.848. The summed E-state index contributed by atoms with van der Waals surface area (Å²) in [6, 6.07) is 12.0. The van der Waals surface area contributed by atoms with Crippen LogP contribution in [-0.2, 0) is 11.8 Å². The predicted molar refractivity (Wildman–Crippen MR) is 130 cm³/mol. The van der Waals surface area contributed by atoms with E-state index in [0.29, 0.717) is 29.5 Å². The van der Waals surface area contributed by atoms with Gasteiger partial charge in [0.25, 0.3) is 5.91 Å². The molecule has 3 aromatic rings. The first kappa shape index (κ1) is 23.4. The van der Waals surface area contributed by atoms with Gasteiger partial charge in [0.05, 0.1) is 19.4 Å². The van der Waals surface area contributed by atoms with Crippen LogP contribution in [0.3, 0.4) is 0 Å². The average molecular weight is 463 g/mol. The average Bonchev–Trinajstić information content (AvgIpc) is 3.10. The molecule has 2 unspecified atom stereocenters. The van der Waals surface area contributed by atoms with Crippen molar-refractivity contribution in [3.8, 4) is 11.5 Å². The first-order valence-electron chi connectivity index (χ1n) is 11.4. The second-order valence-corrected chi connectivity index (χ2v) is 8.51. The molecular weight excluding hydrogens is 432 g/mol. The van der Waals surface area contributed by atoms with Crippen LogP contribution in [0.4, 0.5) is 5.82 Å². The summed E-state index contributed by atoms with van der Waals surface area (Å²) < 4.78 is 13.1. The maximum absolute atomic E-state index is 13.3. The van der Waals surface area contributed by atoms with E-state index < -0.39 is 12.0 Å². The quantitative estimate of drug-likeness (QED) is 0.558. The zero-order chi connectivity index (χ0) is 24.4. The molecule has 1 aliphatic heterocycles. The molecule has 178 valence electrons. The van der Waals surface area contributed by atoms with Crippen molar-refractivity contribution >= 4 is 17.6 Å². The number of ether oxygens (including phenoxy) is 2. The second kappa shape index (κ2) is 9.59. The lowest BCUT2D eigenvalue weighted by atomic mass is 9.81. The van der Waals surface area contributed by atoms with Gasteiger partial charge in [-0.05, 0) is 50.1 Å². The van der Waals surface area contributed by atoms with E-state index in [9.17, 15) is 9.59 Å². The molecule has 8 heteroatoms. The number of carbonyl (C=O) groups is 2. The van der Waals surface area contributed by atoms with Crippen LogP contribution in [0.5, 0.6) is 11.5 Å². The van der Waals surface area contributed by atoms with Crippen molar-refractivity contribution < 1.29 is 19.1 Å². The van der Waals surface area contributed by atoms with Crippen LogP contribution >= 0.6 is 0 Å². The normalized spacial score (nSPS) is 17.0. The fraction of sp³-hybridized carbons (Fsp3) is 0.346. The molecule has 4 rings (SSSR count). The Kier molecular flexibility index (Phi) is 6.58. The molecule has 2 heterocycles. The van der Waals surface area contributed by atoms with E-state index in [4.69, 9.17) is 9.47 Å². The van der Waals surface area contributed by atoms with Gasteiger partial charge >= 0.3 is 0 Å². The summed E-state index contributed by atoms with van der Waals surface area (Å²) in [5, 5.41) is 10.4. The van der Waals surface area contributed by atoms with Crippen molar-refractivity contribution in [2.75, 3.05) is 19.0 Å². The molecule has 34 heavy (non-hydrogen) atoms. The fourth-order valence-electron chi connectivity index (χ4n) is 4.36. The fourth-order valence-corrected chi connectivity index (χ4v) is 4.36. The van der Waals surface area contributed by atoms with Gasteiger partial charge in [0.2, 0.25) is 5.91 Å². The molecule has 0 radical (unpaired) electrons. The number of nitrogens with one attached hydrogen (secondary N) is 2. The number of methoxy groups -OCH3 is 1. The molecule has 1 aromatic heterocycles. The summed E-state index contributed by atoms with van der Waals surface area (Å²) in [4.78, 5) is 26.4. The van der Waals surface area contributed by atoms with Gasteiger partial charge in [0.1, 0.15) is 11.9 Å². The first-order chi connectivity index (χ1) is 16.3. The van der Waals surface area contributed by atoms with Crippen molar-refractivity contribution in [3.05, 3.63) is 70.4 Å². The maximum atomic E-state index is 13.3. The van der Waals surface area contributed by atoms with E-state index in [-0.39, 0.29) is 11.8 Å². The van der Waals surface area contributed by atoms with E-state index in [2.05, 4.69) is 15.7 Å². The van der Waals surface area contributed by atoms with E-state index in [1.165, 1.54) is 0 Å². The lowest BCUT2D eigenvalue weighted by molar-refractivity contribution is -0.118. The Bertz CT molecular complexity index is 1220. The number of hydrogen-bond donors (Lipinski definition) is 2. The first-order valence-corrected chi connectivity index (χ1v) is 11.4. The van der Waals surface area contributed by atoms with E-state index in [1.807, 2.05) is 51.1 Å². The Morgan fingerprint density at radius 1 is 1.15 bits per heavy atom. The number of amides is 2. The van der Waals surface area contributed by atoms with Crippen molar-refractivity contribution in [1.29, 1.82) is 0 Å². The Hall–Kier alpha value is -3.81. The third-order valence-corrected chi connectivity index (χ3v) is 6.05. The predicted octanol–water partition coefficient (Wildman–Crippen LogP) is 3.72. The summed E-state index contributed by atoms with van der Waals surface area (Å²) in [5.74, 6) is 0.765. The third kappa shape index (κ3) is 4.35. The molecule has 0 saturated carbocycles. The minimum Gasteiger partial charge on any atom is -0.493 e. The molecular formula is C26H30N4O4. The van der Waals surface area contributed by atoms with Gasteiger partial charge in [0.15, 0.2) is 11.5 Å². The highest BCUT2D eigenvalue weighted by molar-refractivity contribution is 6.03. The lowest BCUT2D eigenvalue weighted by Crippen LogP contribution is -2.50. The highest BCUT2D eigenvalue weighted by Crippen LogP contribution is 2.41. The van der Waals surface area contributed by atoms with Crippen LogP contribution in [0, 0.1) is 13.8 Å². The number of aryl methyl sites for hydroxylation is 3. The molecule has 2 N–H and O–H groups in total. The molecule has 0 aliphatic carbocycles. The summed E-state index contributed by atoms with van der Waals surface area (Å²) in [7, 11) is 3.38. The number of anilines is 1. The monoisotopic (exact) mass is 462 g/mol. The minimum absolute atomic E-state index is 0.298. The third-order valence-electron chi connectivity index (χ3n) is 6.05. The second-order valence-electron chi connectivity index (χ2n) is 8.51. The Morgan fingerprint density at radius 3 is 2.56 bits per heavy atom. The van der Waals surface area contributed by atoms with Crippen LogP contribution in [0.2, 0.25) is 0 Å². The van der Waals surface area contributed by atoms with Gasteiger partial charge in [-0.1, -0.05) is 30.7 Å². The van der Waals surface area contributed by atoms with Crippen molar-refractivity contribution in [2.45, 2.75) is 39.2 Å². The molecule has 2 atom stereocenters. The number of aromatic nitrogens is 2. The molecule has 2 amide bonds. The van der Waals surface area contributed by atoms with Crippen molar-refractivity contribution in [1.82, 2.24) is 15.1 Å². The van der Waals surface area contributed by atoms with Crippen molar-refractivity contribution in [2.24, 2.45) is 7.05 Å². The number of fused-ring (bicyclic) bond motifs is 1. The van der Waals surface area contributed by atoms with Crippen LogP contribution in [0.15, 0.2) is 42.5 Å². The number of rotatable bonds is 7. The molecule has 0 fully saturated rings. The van der Waals surface area contributed by atoms with Gasteiger partial charge in [0, 0.05) is 24.1 Å². The van der Waals surface area contributed by atoms with E-state index in [1.54, 1.807) is 31.0 Å². The summed E-state index contributed by atoms with van der Waals surface area (Å²) >= 11 is 0. The van der Waals surface area contributed by atoms with Gasteiger partial charge in [-0.2, -0.15) is 5.10 Å². The van der Waals surface area contributed by atoms with Crippen LogP contribution in [-0.4, -0.2) is 41.4 Å². The highest BCUT2D eigenvalue weighted by atomic mass is 16.5. The Balaban J connectivity index is 1.79. The summed E-state index contributed by atoms with van der Waals surface area (Å²) in [6.45, 7) is 6.43. The topological polar surface area (TPSA) is 94.5 Å². The number of hydrogen-bond acceptors (Lipinski definition) is 5. The lowest BCUT2D eigenvalue weighted by Gasteiger charge is -2.33. The van der Waals surface area contributed by atoms with Gasteiger partial charge in [-0.3, -0.25) is 14.3 Å². The molecule has 1 aliphatic rings. The highest BCUT2D eigenvalue weighted by Gasteiger charge is 2.41. The Morgan fingerprint density at radius 2 is 1.88 bits per heavy atom. The molecule has 0 bridgehead atoms. The zero-order valence-corrected chi connectivity index (χ0v) is 20.1. The number of nitrogens with zero attached hydrogens (tertiary/aromatic N) is 2. The molecule has 0 saturated heterocycles. The largest absolute Gasteiger partial charge is 0.493 e.